The molecule has 1 aliphatic carbocycles. The van der Waals surface area contributed by atoms with E-state index in [0.717, 1.165) is 56.8 Å². The highest BCUT2D eigenvalue weighted by atomic mass is 16.3. The molecule has 3 rings (SSSR count). The number of nitrogens with one attached hydrogen (secondary N) is 1. The Morgan fingerprint density at radius 1 is 1.38 bits per heavy atom. The summed E-state index contributed by atoms with van der Waals surface area (Å²) in [7, 11) is 0. The third-order valence-electron chi connectivity index (χ3n) is 4.83. The fraction of sp³-hybridized carbons (Fsp3) is 0.706. The standard InChI is InChI=1S/C17H26N2O2/c1-3-13-11-19(17(20)14-5-6-14)9-8-16(13)18-10-15-7-4-12(2)21-15/h4,7,13-14,16,18H,3,5-6,8-11H2,1-2H3/t13-,16+/m1/s1. The van der Waals surface area contributed by atoms with Crippen LogP contribution >= 0.6 is 0 Å². The van der Waals surface area contributed by atoms with Gasteiger partial charge in [-0.05, 0) is 44.2 Å². The van der Waals surface area contributed by atoms with Crippen LogP contribution in [0.3, 0.4) is 0 Å². The smallest absolute Gasteiger partial charge is 0.225 e. The van der Waals surface area contributed by atoms with Crippen LogP contribution in [0.4, 0.5) is 0 Å². The number of furan rings is 1. The van der Waals surface area contributed by atoms with Crippen molar-refractivity contribution in [1.29, 1.82) is 0 Å². The van der Waals surface area contributed by atoms with Crippen molar-refractivity contribution in [2.45, 2.75) is 52.1 Å². The molecule has 4 nitrogen and oxygen atoms in total. The van der Waals surface area contributed by atoms with E-state index in [1.165, 1.54) is 0 Å². The molecule has 2 aliphatic rings. The van der Waals surface area contributed by atoms with Gasteiger partial charge in [-0.2, -0.15) is 0 Å². The van der Waals surface area contributed by atoms with Crippen LogP contribution in [0.1, 0.15) is 44.1 Å². The number of hydrogen-bond acceptors (Lipinski definition) is 3. The van der Waals surface area contributed by atoms with Crippen molar-refractivity contribution in [3.8, 4) is 0 Å². The van der Waals surface area contributed by atoms with E-state index in [-0.39, 0.29) is 0 Å². The van der Waals surface area contributed by atoms with Gasteiger partial charge in [0.15, 0.2) is 0 Å². The fourth-order valence-electron chi connectivity index (χ4n) is 3.32. The van der Waals surface area contributed by atoms with Gasteiger partial charge in [-0.15, -0.1) is 0 Å². The quantitative estimate of drug-likeness (QED) is 0.907. The molecule has 1 saturated carbocycles. The number of aryl methyl sites for hydroxylation is 1. The van der Waals surface area contributed by atoms with Gasteiger partial charge in [0, 0.05) is 25.0 Å². The first-order valence-corrected chi connectivity index (χ1v) is 8.25. The Balaban J connectivity index is 1.52. The zero-order valence-electron chi connectivity index (χ0n) is 13.1. The van der Waals surface area contributed by atoms with Crippen molar-refractivity contribution in [3.63, 3.8) is 0 Å². The van der Waals surface area contributed by atoms with Crippen LogP contribution in [0.25, 0.3) is 0 Å². The van der Waals surface area contributed by atoms with Gasteiger partial charge >= 0.3 is 0 Å². The predicted molar refractivity (Wildman–Crippen MR) is 81.8 cm³/mol. The lowest BCUT2D eigenvalue weighted by Crippen LogP contribution is -2.51. The second-order valence-electron chi connectivity index (χ2n) is 6.52. The Labute approximate surface area is 126 Å². The molecule has 1 aromatic heterocycles. The number of nitrogens with zero attached hydrogens (tertiary/aromatic N) is 1. The van der Waals surface area contributed by atoms with Gasteiger partial charge in [0.1, 0.15) is 11.5 Å². The maximum Gasteiger partial charge on any atom is 0.225 e. The summed E-state index contributed by atoms with van der Waals surface area (Å²) in [5, 5.41) is 3.62. The molecule has 2 fully saturated rings. The van der Waals surface area contributed by atoms with E-state index < -0.39 is 0 Å². The van der Waals surface area contributed by atoms with Gasteiger partial charge < -0.3 is 14.6 Å². The van der Waals surface area contributed by atoms with E-state index in [1.54, 1.807) is 0 Å². The average molecular weight is 290 g/mol. The number of carbonyl (C=O) groups is 1. The highest BCUT2D eigenvalue weighted by Crippen LogP contribution is 2.33. The molecular formula is C17H26N2O2. The zero-order valence-corrected chi connectivity index (χ0v) is 13.1. The van der Waals surface area contributed by atoms with Gasteiger partial charge in [0.2, 0.25) is 5.91 Å². The van der Waals surface area contributed by atoms with E-state index >= 15 is 0 Å². The fourth-order valence-corrected chi connectivity index (χ4v) is 3.32. The SMILES string of the molecule is CC[C@@H]1CN(C(=O)C2CC2)CC[C@@H]1NCc1ccc(C)o1. The predicted octanol–water partition coefficient (Wildman–Crippen LogP) is 2.71. The molecule has 1 saturated heterocycles. The summed E-state index contributed by atoms with van der Waals surface area (Å²) in [6.45, 7) is 6.80. The van der Waals surface area contributed by atoms with Crippen molar-refractivity contribution >= 4 is 5.91 Å². The van der Waals surface area contributed by atoms with Crippen LogP contribution in [0, 0.1) is 18.8 Å². The molecule has 1 aliphatic heterocycles. The monoisotopic (exact) mass is 290 g/mol. The number of piperidine rings is 1. The third kappa shape index (κ3) is 3.49. The minimum absolute atomic E-state index is 0.345. The summed E-state index contributed by atoms with van der Waals surface area (Å²) < 4.78 is 5.62. The van der Waals surface area contributed by atoms with E-state index in [0.29, 0.717) is 23.8 Å². The first-order chi connectivity index (χ1) is 10.2. The Morgan fingerprint density at radius 2 is 2.19 bits per heavy atom. The summed E-state index contributed by atoms with van der Waals surface area (Å²) >= 11 is 0. The highest BCUT2D eigenvalue weighted by Gasteiger charge is 2.37. The second kappa shape index (κ2) is 6.22. The number of amides is 1. The summed E-state index contributed by atoms with van der Waals surface area (Å²) in [6, 6.07) is 4.53. The van der Waals surface area contributed by atoms with Crippen molar-refractivity contribution in [2.24, 2.45) is 11.8 Å². The van der Waals surface area contributed by atoms with Crippen LogP contribution in [-0.4, -0.2) is 29.9 Å². The van der Waals surface area contributed by atoms with Crippen molar-refractivity contribution in [1.82, 2.24) is 10.2 Å². The van der Waals surface area contributed by atoms with E-state index in [2.05, 4.69) is 17.1 Å². The van der Waals surface area contributed by atoms with E-state index in [9.17, 15) is 4.79 Å². The molecule has 1 N–H and O–H groups in total. The summed E-state index contributed by atoms with van der Waals surface area (Å²) in [5.74, 6) is 3.26. The molecule has 0 aromatic carbocycles. The third-order valence-corrected chi connectivity index (χ3v) is 4.83. The minimum atomic E-state index is 0.345. The Hall–Kier alpha value is -1.29. The Kier molecular flexibility index (Phi) is 4.34. The summed E-state index contributed by atoms with van der Waals surface area (Å²) in [4.78, 5) is 14.3. The normalized spacial score (nSPS) is 26.1. The van der Waals surface area contributed by atoms with Crippen molar-refractivity contribution in [2.75, 3.05) is 13.1 Å². The van der Waals surface area contributed by atoms with Gasteiger partial charge in [-0.25, -0.2) is 0 Å². The first kappa shape index (κ1) is 14.6. The average Bonchev–Trinajstić information content (AvgIpc) is 3.27. The van der Waals surface area contributed by atoms with Gasteiger partial charge in [0.25, 0.3) is 0 Å². The largest absolute Gasteiger partial charge is 0.465 e. The Morgan fingerprint density at radius 3 is 2.81 bits per heavy atom. The molecule has 2 heterocycles. The summed E-state index contributed by atoms with van der Waals surface area (Å²) in [5.41, 5.74) is 0. The van der Waals surface area contributed by atoms with Crippen molar-refractivity contribution < 1.29 is 9.21 Å². The molecule has 1 amide bonds. The number of likely N-dealkylation sites (tertiary alicyclic amines) is 1. The van der Waals surface area contributed by atoms with E-state index in [4.69, 9.17) is 4.42 Å². The zero-order chi connectivity index (χ0) is 14.8. The van der Waals surface area contributed by atoms with Crippen LogP contribution < -0.4 is 5.32 Å². The highest BCUT2D eigenvalue weighted by molar-refractivity contribution is 5.81. The summed E-state index contributed by atoms with van der Waals surface area (Å²) in [6.07, 6.45) is 4.37. The lowest BCUT2D eigenvalue weighted by Gasteiger charge is -2.39. The molecule has 2 atom stereocenters. The van der Waals surface area contributed by atoms with Gasteiger partial charge in [-0.1, -0.05) is 13.3 Å². The number of hydrogen-bond donors (Lipinski definition) is 1. The molecule has 4 heteroatoms. The topological polar surface area (TPSA) is 45.5 Å². The molecule has 0 bridgehead atoms. The van der Waals surface area contributed by atoms with Crippen LogP contribution in [0.5, 0.6) is 0 Å². The minimum Gasteiger partial charge on any atom is -0.465 e. The van der Waals surface area contributed by atoms with Gasteiger partial charge in [-0.3, -0.25) is 4.79 Å². The number of rotatable bonds is 5. The lowest BCUT2D eigenvalue weighted by atomic mass is 9.89. The second-order valence-corrected chi connectivity index (χ2v) is 6.52. The van der Waals surface area contributed by atoms with Crippen molar-refractivity contribution in [3.05, 3.63) is 23.7 Å². The Bertz CT molecular complexity index is 493. The maximum absolute atomic E-state index is 12.2. The molecule has 21 heavy (non-hydrogen) atoms. The molecule has 1 aromatic rings. The van der Waals surface area contributed by atoms with E-state index in [1.807, 2.05) is 19.1 Å². The molecule has 116 valence electrons. The molecule has 0 radical (unpaired) electrons. The number of carbonyl (C=O) groups excluding carboxylic acids is 1. The van der Waals surface area contributed by atoms with Gasteiger partial charge in [0.05, 0.1) is 6.54 Å². The lowest BCUT2D eigenvalue weighted by molar-refractivity contribution is -0.134. The van der Waals surface area contributed by atoms with Crippen LogP contribution in [-0.2, 0) is 11.3 Å². The maximum atomic E-state index is 12.2. The molecular weight excluding hydrogens is 264 g/mol. The molecule has 0 unspecified atom stereocenters. The first-order valence-electron chi connectivity index (χ1n) is 8.25. The molecule has 0 spiro atoms. The van der Waals surface area contributed by atoms with Crippen LogP contribution in [0.2, 0.25) is 0 Å². The van der Waals surface area contributed by atoms with Crippen LogP contribution in [0.15, 0.2) is 16.5 Å².